The van der Waals surface area contributed by atoms with E-state index in [1.807, 2.05) is 4.90 Å². The summed E-state index contributed by atoms with van der Waals surface area (Å²) in [5.41, 5.74) is 4.49. The molecule has 2 rings (SSSR count). The first-order valence-corrected chi connectivity index (χ1v) is 6.72. The monoisotopic (exact) mass is 302 g/mol. The third-order valence-electron chi connectivity index (χ3n) is 3.52. The second kappa shape index (κ2) is 6.34. The van der Waals surface area contributed by atoms with Crippen molar-refractivity contribution in [1.82, 2.24) is 4.90 Å². The number of rotatable bonds is 5. The van der Waals surface area contributed by atoms with E-state index in [2.05, 4.69) is 0 Å². The van der Waals surface area contributed by atoms with Gasteiger partial charge in [0.05, 0.1) is 11.6 Å². The van der Waals surface area contributed by atoms with E-state index >= 15 is 0 Å². The number of nitrogens with zero attached hydrogens (tertiary/aromatic N) is 1. The highest BCUT2D eigenvalue weighted by molar-refractivity contribution is 5.80. The third kappa shape index (κ3) is 3.87. The van der Waals surface area contributed by atoms with Gasteiger partial charge in [-0.3, -0.25) is 9.69 Å². The molecule has 0 bridgehead atoms. The van der Waals surface area contributed by atoms with Crippen molar-refractivity contribution in [3.05, 3.63) is 29.8 Å². The zero-order valence-electron chi connectivity index (χ0n) is 11.4. The van der Waals surface area contributed by atoms with E-state index in [9.17, 15) is 18.0 Å². The van der Waals surface area contributed by atoms with E-state index in [-0.39, 0.29) is 18.4 Å². The van der Waals surface area contributed by atoms with E-state index in [1.165, 1.54) is 18.2 Å². The predicted octanol–water partition coefficient (Wildman–Crippen LogP) is 2.03. The normalized spacial score (nSPS) is 19.7. The van der Waals surface area contributed by atoms with Gasteiger partial charge in [-0.15, -0.1) is 0 Å². The zero-order valence-corrected chi connectivity index (χ0v) is 11.4. The van der Waals surface area contributed by atoms with Crippen molar-refractivity contribution in [1.29, 1.82) is 0 Å². The second-order valence-corrected chi connectivity index (χ2v) is 4.94. The van der Waals surface area contributed by atoms with Crippen LogP contribution in [-0.4, -0.2) is 36.5 Å². The lowest BCUT2D eigenvalue weighted by molar-refractivity contribution is -0.139. The predicted molar refractivity (Wildman–Crippen MR) is 70.7 cm³/mol. The number of hydrogen-bond donors (Lipinski definition) is 1. The summed E-state index contributed by atoms with van der Waals surface area (Å²) < 4.78 is 43.6. The summed E-state index contributed by atoms with van der Waals surface area (Å²) in [6.45, 7) is 1.16. The maximum atomic E-state index is 12.8. The molecule has 7 heteroatoms. The minimum Gasteiger partial charge on any atom is -0.492 e. The highest BCUT2D eigenvalue weighted by Gasteiger charge is 2.34. The molecule has 4 nitrogen and oxygen atoms in total. The Hall–Kier alpha value is -1.76. The number of likely N-dealkylation sites (tertiary alicyclic amines) is 1. The van der Waals surface area contributed by atoms with Gasteiger partial charge in [0.15, 0.2) is 0 Å². The minimum absolute atomic E-state index is 0.0802. The molecule has 0 aliphatic carbocycles. The van der Waals surface area contributed by atoms with Gasteiger partial charge >= 0.3 is 6.18 Å². The van der Waals surface area contributed by atoms with Crippen LogP contribution >= 0.6 is 0 Å². The lowest BCUT2D eigenvalue weighted by Crippen LogP contribution is -2.42. The molecule has 0 aromatic heterocycles. The number of nitrogens with two attached hydrogens (primary N) is 1. The highest BCUT2D eigenvalue weighted by atomic mass is 19.4. The molecule has 21 heavy (non-hydrogen) atoms. The van der Waals surface area contributed by atoms with Crippen molar-refractivity contribution >= 4 is 5.91 Å². The quantitative estimate of drug-likeness (QED) is 0.905. The number of carbonyl (C=O) groups is 1. The van der Waals surface area contributed by atoms with Crippen LogP contribution in [0.3, 0.4) is 0 Å². The maximum absolute atomic E-state index is 12.8. The number of benzene rings is 1. The maximum Gasteiger partial charge on any atom is 0.419 e. The van der Waals surface area contributed by atoms with Crippen LogP contribution < -0.4 is 10.5 Å². The molecule has 1 aliphatic rings. The smallest absolute Gasteiger partial charge is 0.419 e. The zero-order chi connectivity index (χ0) is 15.5. The van der Waals surface area contributed by atoms with E-state index in [4.69, 9.17) is 10.5 Å². The summed E-state index contributed by atoms with van der Waals surface area (Å²) in [6.07, 6.45) is -2.90. The Morgan fingerprint density at radius 1 is 1.38 bits per heavy atom. The molecular formula is C14H17F3N2O2. The van der Waals surface area contributed by atoms with Crippen LogP contribution in [0.25, 0.3) is 0 Å². The van der Waals surface area contributed by atoms with E-state index in [0.717, 1.165) is 12.5 Å². The fourth-order valence-electron chi connectivity index (χ4n) is 2.52. The fourth-order valence-corrected chi connectivity index (χ4v) is 2.52. The topological polar surface area (TPSA) is 55.6 Å². The van der Waals surface area contributed by atoms with Crippen molar-refractivity contribution in [2.24, 2.45) is 5.73 Å². The Kier molecular flexibility index (Phi) is 4.72. The Morgan fingerprint density at radius 2 is 2.10 bits per heavy atom. The van der Waals surface area contributed by atoms with E-state index < -0.39 is 17.6 Å². The summed E-state index contributed by atoms with van der Waals surface area (Å²) in [5, 5.41) is 0. The Balaban J connectivity index is 1.94. The molecule has 0 spiro atoms. The van der Waals surface area contributed by atoms with Crippen LogP contribution in [0.5, 0.6) is 5.75 Å². The van der Waals surface area contributed by atoms with Crippen molar-refractivity contribution in [2.75, 3.05) is 19.7 Å². The molecule has 1 amide bonds. The van der Waals surface area contributed by atoms with Gasteiger partial charge in [0, 0.05) is 6.54 Å². The number of para-hydroxylation sites is 1. The molecule has 1 aliphatic heterocycles. The van der Waals surface area contributed by atoms with Gasteiger partial charge in [0.2, 0.25) is 5.91 Å². The minimum atomic E-state index is -4.44. The summed E-state index contributed by atoms with van der Waals surface area (Å²) >= 11 is 0. The highest BCUT2D eigenvalue weighted by Crippen LogP contribution is 2.35. The van der Waals surface area contributed by atoms with Crippen LogP contribution in [0.15, 0.2) is 24.3 Å². The number of hydrogen-bond acceptors (Lipinski definition) is 3. The van der Waals surface area contributed by atoms with Crippen molar-refractivity contribution in [3.8, 4) is 5.75 Å². The number of primary amides is 1. The summed E-state index contributed by atoms with van der Waals surface area (Å²) in [5.74, 6) is -0.594. The van der Waals surface area contributed by atoms with Gasteiger partial charge in [-0.25, -0.2) is 0 Å². The van der Waals surface area contributed by atoms with Crippen LogP contribution in [-0.2, 0) is 11.0 Å². The summed E-state index contributed by atoms with van der Waals surface area (Å²) in [7, 11) is 0. The molecule has 1 aromatic carbocycles. The summed E-state index contributed by atoms with van der Waals surface area (Å²) in [4.78, 5) is 13.1. The van der Waals surface area contributed by atoms with Gasteiger partial charge in [0.1, 0.15) is 12.4 Å². The molecule has 1 fully saturated rings. The SMILES string of the molecule is NC(=O)C1CCCN1CCOc1ccccc1C(F)(F)F. The van der Waals surface area contributed by atoms with Gasteiger partial charge in [-0.1, -0.05) is 12.1 Å². The first kappa shape index (κ1) is 15.6. The van der Waals surface area contributed by atoms with Crippen LogP contribution in [0.1, 0.15) is 18.4 Å². The lowest BCUT2D eigenvalue weighted by Gasteiger charge is -2.22. The lowest BCUT2D eigenvalue weighted by atomic mass is 10.2. The molecule has 1 atom stereocenters. The average molecular weight is 302 g/mol. The standard InChI is InChI=1S/C14H17F3N2O2/c15-14(16,17)10-4-1-2-6-12(10)21-9-8-19-7-3-5-11(19)13(18)20/h1-2,4,6,11H,3,5,7-9H2,(H2,18,20). The number of alkyl halides is 3. The number of ether oxygens (including phenoxy) is 1. The molecule has 1 heterocycles. The molecule has 0 saturated carbocycles. The molecule has 1 aromatic rings. The number of carbonyl (C=O) groups excluding carboxylic acids is 1. The fraction of sp³-hybridized carbons (Fsp3) is 0.500. The van der Waals surface area contributed by atoms with Gasteiger partial charge in [0.25, 0.3) is 0 Å². The van der Waals surface area contributed by atoms with Crippen molar-refractivity contribution in [3.63, 3.8) is 0 Å². The largest absolute Gasteiger partial charge is 0.492 e. The average Bonchev–Trinajstić information content (AvgIpc) is 2.87. The van der Waals surface area contributed by atoms with Gasteiger partial charge < -0.3 is 10.5 Å². The second-order valence-electron chi connectivity index (χ2n) is 4.94. The Labute approximate surface area is 120 Å². The van der Waals surface area contributed by atoms with Crippen molar-refractivity contribution < 1.29 is 22.7 Å². The molecule has 1 unspecified atom stereocenters. The molecular weight excluding hydrogens is 285 g/mol. The Bertz CT molecular complexity index is 505. The number of amides is 1. The summed E-state index contributed by atoms with van der Waals surface area (Å²) in [6, 6.07) is 4.74. The third-order valence-corrected chi connectivity index (χ3v) is 3.52. The van der Waals surface area contributed by atoms with E-state index in [1.54, 1.807) is 0 Å². The van der Waals surface area contributed by atoms with Crippen LogP contribution in [0.4, 0.5) is 13.2 Å². The van der Waals surface area contributed by atoms with Gasteiger partial charge in [-0.05, 0) is 31.5 Å². The van der Waals surface area contributed by atoms with E-state index in [0.29, 0.717) is 19.5 Å². The van der Waals surface area contributed by atoms with Crippen LogP contribution in [0, 0.1) is 0 Å². The van der Waals surface area contributed by atoms with Crippen LogP contribution in [0.2, 0.25) is 0 Å². The molecule has 0 radical (unpaired) electrons. The van der Waals surface area contributed by atoms with Gasteiger partial charge in [-0.2, -0.15) is 13.2 Å². The Morgan fingerprint density at radius 3 is 2.76 bits per heavy atom. The molecule has 116 valence electrons. The first-order chi connectivity index (χ1) is 9.89. The number of halogens is 3. The molecule has 1 saturated heterocycles. The molecule has 2 N–H and O–H groups in total. The first-order valence-electron chi connectivity index (χ1n) is 6.72. The van der Waals surface area contributed by atoms with Crippen molar-refractivity contribution in [2.45, 2.75) is 25.1 Å².